The molecule has 0 aliphatic carbocycles. The lowest BCUT2D eigenvalue weighted by atomic mass is 9.96. The van der Waals surface area contributed by atoms with Crippen molar-refractivity contribution in [2.45, 2.75) is 12.8 Å². The van der Waals surface area contributed by atoms with Crippen molar-refractivity contribution in [2.75, 3.05) is 33.0 Å². The number of hydrogen-bond acceptors (Lipinski definition) is 5. The first-order valence-corrected chi connectivity index (χ1v) is 8.75. The molecule has 1 aromatic rings. The summed E-state index contributed by atoms with van der Waals surface area (Å²) in [6, 6.07) is 3.42. The van der Waals surface area contributed by atoms with Gasteiger partial charge in [-0.05, 0) is 40.9 Å². The number of benzene rings is 1. The van der Waals surface area contributed by atoms with Crippen molar-refractivity contribution in [1.29, 1.82) is 0 Å². The first-order chi connectivity index (χ1) is 11.6. The number of fused-ring (bicyclic) bond motifs is 1. The van der Waals surface area contributed by atoms with Crippen LogP contribution in [0.3, 0.4) is 0 Å². The van der Waals surface area contributed by atoms with Gasteiger partial charge in [-0.3, -0.25) is 9.59 Å². The number of halogens is 2. The van der Waals surface area contributed by atoms with E-state index in [4.69, 9.17) is 15.2 Å². The number of carbonyl (C=O) groups is 2. The monoisotopic (exact) mass is 433 g/mol. The SMILES string of the molecule is Cl.NCCNC(=O)C1CCCN(C(=O)c2cc(Br)c3c(c2)OCO3)C1. The second kappa shape index (κ2) is 8.73. The topological polar surface area (TPSA) is 93.9 Å². The number of likely N-dealkylation sites (tertiary alicyclic amines) is 1. The van der Waals surface area contributed by atoms with E-state index < -0.39 is 0 Å². The van der Waals surface area contributed by atoms with Crippen LogP contribution in [0, 0.1) is 5.92 Å². The van der Waals surface area contributed by atoms with E-state index in [0.29, 0.717) is 47.7 Å². The molecule has 7 nitrogen and oxygen atoms in total. The maximum absolute atomic E-state index is 12.8. The minimum atomic E-state index is -0.188. The van der Waals surface area contributed by atoms with E-state index in [1.54, 1.807) is 17.0 Å². The maximum Gasteiger partial charge on any atom is 0.254 e. The molecule has 3 N–H and O–H groups in total. The summed E-state index contributed by atoms with van der Waals surface area (Å²) in [4.78, 5) is 26.6. The molecule has 0 bridgehead atoms. The third-order valence-electron chi connectivity index (χ3n) is 4.20. The smallest absolute Gasteiger partial charge is 0.254 e. The Balaban J connectivity index is 0.00000225. The Labute approximate surface area is 160 Å². The fourth-order valence-electron chi connectivity index (χ4n) is 2.99. The Morgan fingerprint density at radius 1 is 1.36 bits per heavy atom. The highest BCUT2D eigenvalue weighted by atomic mass is 79.9. The quantitative estimate of drug-likeness (QED) is 0.749. The Morgan fingerprint density at radius 2 is 2.16 bits per heavy atom. The molecule has 1 unspecified atom stereocenters. The average molecular weight is 435 g/mol. The normalized spacial score (nSPS) is 18.5. The number of nitrogens with one attached hydrogen (secondary N) is 1. The lowest BCUT2D eigenvalue weighted by Crippen LogP contribution is -2.46. The largest absolute Gasteiger partial charge is 0.454 e. The van der Waals surface area contributed by atoms with E-state index in [2.05, 4.69) is 21.2 Å². The van der Waals surface area contributed by atoms with E-state index in [-0.39, 0.29) is 36.9 Å². The van der Waals surface area contributed by atoms with Gasteiger partial charge in [-0.1, -0.05) is 0 Å². The number of amides is 2. The lowest BCUT2D eigenvalue weighted by Gasteiger charge is -2.32. The summed E-state index contributed by atoms with van der Waals surface area (Å²) >= 11 is 3.40. The van der Waals surface area contributed by atoms with Crippen LogP contribution in [0.15, 0.2) is 16.6 Å². The van der Waals surface area contributed by atoms with Crippen molar-refractivity contribution in [1.82, 2.24) is 10.2 Å². The van der Waals surface area contributed by atoms with Gasteiger partial charge in [-0.2, -0.15) is 0 Å². The fraction of sp³-hybridized carbons (Fsp3) is 0.500. The maximum atomic E-state index is 12.8. The van der Waals surface area contributed by atoms with Crippen LogP contribution in [0.25, 0.3) is 0 Å². The van der Waals surface area contributed by atoms with Gasteiger partial charge in [-0.25, -0.2) is 0 Å². The van der Waals surface area contributed by atoms with Crippen LogP contribution in [0.4, 0.5) is 0 Å². The number of nitrogens with zero attached hydrogens (tertiary/aromatic N) is 1. The number of piperidine rings is 1. The Hall–Kier alpha value is -1.51. The molecule has 0 spiro atoms. The Bertz CT molecular complexity index is 659. The zero-order valence-corrected chi connectivity index (χ0v) is 16.0. The molecule has 0 saturated carbocycles. The zero-order valence-electron chi connectivity index (χ0n) is 13.6. The molecule has 3 rings (SSSR count). The van der Waals surface area contributed by atoms with Crippen LogP contribution in [0.2, 0.25) is 0 Å². The summed E-state index contributed by atoms with van der Waals surface area (Å²) in [7, 11) is 0. The first-order valence-electron chi connectivity index (χ1n) is 7.96. The van der Waals surface area contributed by atoms with Crippen molar-refractivity contribution in [3.05, 3.63) is 22.2 Å². The number of carbonyl (C=O) groups excluding carboxylic acids is 2. The minimum absolute atomic E-state index is 0. The number of rotatable bonds is 4. The third kappa shape index (κ3) is 4.37. The van der Waals surface area contributed by atoms with Gasteiger partial charge in [0.15, 0.2) is 11.5 Å². The van der Waals surface area contributed by atoms with E-state index in [9.17, 15) is 9.59 Å². The van der Waals surface area contributed by atoms with Crippen molar-refractivity contribution in [3.8, 4) is 11.5 Å². The highest BCUT2D eigenvalue weighted by Gasteiger charge is 2.30. The zero-order chi connectivity index (χ0) is 17.1. The van der Waals surface area contributed by atoms with Gasteiger partial charge in [0.2, 0.25) is 12.7 Å². The molecular formula is C16H21BrClN3O4. The van der Waals surface area contributed by atoms with Crippen molar-refractivity contribution in [2.24, 2.45) is 11.7 Å². The van der Waals surface area contributed by atoms with Gasteiger partial charge in [0, 0.05) is 31.7 Å². The predicted molar refractivity (Wildman–Crippen MR) is 98.2 cm³/mol. The molecule has 9 heteroatoms. The van der Waals surface area contributed by atoms with Crippen molar-refractivity contribution >= 4 is 40.2 Å². The van der Waals surface area contributed by atoms with Gasteiger partial charge in [0.1, 0.15) is 0 Å². The van der Waals surface area contributed by atoms with Gasteiger partial charge in [-0.15, -0.1) is 12.4 Å². The summed E-state index contributed by atoms with van der Waals surface area (Å²) in [5.41, 5.74) is 5.93. The molecule has 0 aromatic heterocycles. The van der Waals surface area contributed by atoms with Crippen LogP contribution in [0.5, 0.6) is 11.5 Å². The molecule has 25 heavy (non-hydrogen) atoms. The van der Waals surface area contributed by atoms with Crippen LogP contribution < -0.4 is 20.5 Å². The lowest BCUT2D eigenvalue weighted by molar-refractivity contribution is -0.126. The Morgan fingerprint density at radius 3 is 2.92 bits per heavy atom. The summed E-state index contributed by atoms with van der Waals surface area (Å²) < 4.78 is 11.4. The molecular weight excluding hydrogens is 414 g/mol. The van der Waals surface area contributed by atoms with Crippen LogP contribution >= 0.6 is 28.3 Å². The molecule has 0 radical (unpaired) electrons. The van der Waals surface area contributed by atoms with Gasteiger partial charge < -0.3 is 25.4 Å². The third-order valence-corrected chi connectivity index (χ3v) is 4.79. The van der Waals surface area contributed by atoms with Crippen LogP contribution in [0.1, 0.15) is 23.2 Å². The predicted octanol–water partition coefficient (Wildman–Crippen LogP) is 1.53. The van der Waals surface area contributed by atoms with Gasteiger partial charge >= 0.3 is 0 Å². The van der Waals surface area contributed by atoms with E-state index in [1.165, 1.54) is 0 Å². The van der Waals surface area contributed by atoms with Gasteiger partial charge in [0.05, 0.1) is 10.4 Å². The summed E-state index contributed by atoms with van der Waals surface area (Å²) in [6.07, 6.45) is 1.59. The second-order valence-electron chi connectivity index (χ2n) is 5.86. The molecule has 1 aromatic carbocycles. The molecule has 1 fully saturated rings. The highest BCUT2D eigenvalue weighted by molar-refractivity contribution is 9.10. The van der Waals surface area contributed by atoms with Crippen LogP contribution in [-0.2, 0) is 4.79 Å². The van der Waals surface area contributed by atoms with Gasteiger partial charge in [0.25, 0.3) is 5.91 Å². The summed E-state index contributed by atoms with van der Waals surface area (Å²) in [6.45, 7) is 2.08. The molecule has 138 valence electrons. The highest BCUT2D eigenvalue weighted by Crippen LogP contribution is 2.40. The van der Waals surface area contributed by atoms with E-state index >= 15 is 0 Å². The summed E-state index contributed by atoms with van der Waals surface area (Å²) in [5, 5.41) is 2.80. The van der Waals surface area contributed by atoms with E-state index in [0.717, 1.165) is 12.8 Å². The van der Waals surface area contributed by atoms with Crippen molar-refractivity contribution < 1.29 is 19.1 Å². The molecule has 1 saturated heterocycles. The van der Waals surface area contributed by atoms with Crippen molar-refractivity contribution in [3.63, 3.8) is 0 Å². The van der Waals surface area contributed by atoms with Crippen LogP contribution in [-0.4, -0.2) is 49.7 Å². The summed E-state index contributed by atoms with van der Waals surface area (Å²) in [5.74, 6) is 0.841. The number of hydrogen-bond donors (Lipinski definition) is 2. The molecule has 2 heterocycles. The molecule has 1 atom stereocenters. The Kier molecular flexibility index (Phi) is 6.92. The first kappa shape index (κ1) is 19.8. The number of nitrogens with two attached hydrogens (primary N) is 1. The average Bonchev–Trinajstić information content (AvgIpc) is 3.08. The van der Waals surface area contributed by atoms with E-state index in [1.807, 2.05) is 0 Å². The minimum Gasteiger partial charge on any atom is -0.454 e. The number of ether oxygens (including phenoxy) is 2. The molecule has 2 aliphatic heterocycles. The molecule has 2 aliphatic rings. The molecule has 2 amide bonds. The standard InChI is InChI=1S/C16H20BrN3O4.ClH/c17-12-6-11(7-13-14(12)24-9-23-13)16(22)20-5-1-2-10(8-20)15(21)19-4-3-18;/h6-7,10H,1-5,8-9,18H2,(H,19,21);1H. The fourth-order valence-corrected chi connectivity index (χ4v) is 3.55. The second-order valence-corrected chi connectivity index (χ2v) is 6.72.